The van der Waals surface area contributed by atoms with Crippen molar-refractivity contribution in [2.45, 2.75) is 50.8 Å². The van der Waals surface area contributed by atoms with E-state index in [1.54, 1.807) is 12.1 Å². The second-order valence-corrected chi connectivity index (χ2v) is 8.18. The van der Waals surface area contributed by atoms with Gasteiger partial charge in [0.2, 0.25) is 15.9 Å². The SMILES string of the molecule is CCc1ccc(S(=O)(=O)NCCc2noc(C(C)(C)C)n2)cc1. The molecule has 0 spiro atoms. The van der Waals surface area contributed by atoms with Crippen molar-refractivity contribution >= 4 is 10.0 Å². The summed E-state index contributed by atoms with van der Waals surface area (Å²) in [6.45, 7) is 8.19. The molecule has 1 heterocycles. The monoisotopic (exact) mass is 337 g/mol. The molecule has 0 aliphatic carbocycles. The summed E-state index contributed by atoms with van der Waals surface area (Å²) >= 11 is 0. The van der Waals surface area contributed by atoms with Gasteiger partial charge in [-0.2, -0.15) is 4.98 Å². The molecular formula is C16H23N3O3S. The molecular weight excluding hydrogens is 314 g/mol. The van der Waals surface area contributed by atoms with E-state index in [2.05, 4.69) is 14.9 Å². The van der Waals surface area contributed by atoms with Gasteiger partial charge in [-0.15, -0.1) is 0 Å². The number of benzene rings is 1. The Balaban J connectivity index is 1.95. The van der Waals surface area contributed by atoms with Gasteiger partial charge in [-0.05, 0) is 24.1 Å². The van der Waals surface area contributed by atoms with Gasteiger partial charge in [-0.25, -0.2) is 13.1 Å². The first-order valence-corrected chi connectivity index (χ1v) is 9.12. The molecule has 0 amide bonds. The van der Waals surface area contributed by atoms with Crippen LogP contribution in [0, 0.1) is 0 Å². The van der Waals surface area contributed by atoms with Crippen LogP contribution in [-0.4, -0.2) is 25.1 Å². The smallest absolute Gasteiger partial charge is 0.240 e. The van der Waals surface area contributed by atoms with Crippen LogP contribution in [-0.2, 0) is 28.3 Å². The lowest BCUT2D eigenvalue weighted by Gasteiger charge is -2.10. The number of sulfonamides is 1. The van der Waals surface area contributed by atoms with Gasteiger partial charge in [0, 0.05) is 18.4 Å². The van der Waals surface area contributed by atoms with Gasteiger partial charge in [-0.1, -0.05) is 45.0 Å². The molecule has 6 nitrogen and oxygen atoms in total. The second kappa shape index (κ2) is 6.80. The Bertz CT molecular complexity index is 744. The fourth-order valence-electron chi connectivity index (χ4n) is 1.94. The first kappa shape index (κ1) is 17.6. The lowest BCUT2D eigenvalue weighted by molar-refractivity contribution is 0.318. The summed E-state index contributed by atoms with van der Waals surface area (Å²) in [5.74, 6) is 1.05. The number of aromatic nitrogens is 2. The van der Waals surface area contributed by atoms with Crippen molar-refractivity contribution in [2.75, 3.05) is 6.54 Å². The highest BCUT2D eigenvalue weighted by atomic mass is 32.2. The molecule has 1 N–H and O–H groups in total. The highest BCUT2D eigenvalue weighted by Gasteiger charge is 2.22. The molecule has 1 aromatic heterocycles. The van der Waals surface area contributed by atoms with Crippen LogP contribution >= 0.6 is 0 Å². The predicted octanol–water partition coefficient (Wildman–Crippen LogP) is 2.45. The Morgan fingerprint density at radius 2 is 1.83 bits per heavy atom. The van der Waals surface area contributed by atoms with Gasteiger partial charge < -0.3 is 4.52 Å². The predicted molar refractivity (Wildman–Crippen MR) is 87.7 cm³/mol. The minimum absolute atomic E-state index is 0.216. The standard InChI is InChI=1S/C16H23N3O3S/c1-5-12-6-8-13(9-7-12)23(20,21)17-11-10-14-18-15(22-19-14)16(2,3)4/h6-9,17H,5,10-11H2,1-4H3. The van der Waals surface area contributed by atoms with Crippen molar-refractivity contribution in [3.8, 4) is 0 Å². The zero-order valence-electron chi connectivity index (χ0n) is 14.0. The summed E-state index contributed by atoms with van der Waals surface area (Å²) in [5.41, 5.74) is 0.886. The Labute approximate surface area is 137 Å². The van der Waals surface area contributed by atoms with Crippen LogP contribution in [0.2, 0.25) is 0 Å². The fraction of sp³-hybridized carbons (Fsp3) is 0.500. The third kappa shape index (κ3) is 4.62. The minimum Gasteiger partial charge on any atom is -0.339 e. The van der Waals surface area contributed by atoms with Crippen molar-refractivity contribution in [1.82, 2.24) is 14.9 Å². The van der Waals surface area contributed by atoms with Gasteiger partial charge in [0.25, 0.3) is 0 Å². The topological polar surface area (TPSA) is 85.1 Å². The molecule has 2 aromatic rings. The largest absolute Gasteiger partial charge is 0.339 e. The van der Waals surface area contributed by atoms with Crippen LogP contribution in [0.5, 0.6) is 0 Å². The van der Waals surface area contributed by atoms with Crippen LogP contribution in [0.15, 0.2) is 33.7 Å². The average Bonchev–Trinajstić information content (AvgIpc) is 2.96. The molecule has 2 rings (SSSR count). The zero-order chi connectivity index (χ0) is 17.1. The summed E-state index contributed by atoms with van der Waals surface area (Å²) in [6.07, 6.45) is 1.26. The van der Waals surface area contributed by atoms with Gasteiger partial charge in [0.05, 0.1) is 4.90 Å². The van der Waals surface area contributed by atoms with Crippen molar-refractivity contribution in [2.24, 2.45) is 0 Å². The summed E-state index contributed by atoms with van der Waals surface area (Å²) in [7, 11) is -3.51. The molecule has 0 unspecified atom stereocenters. The summed E-state index contributed by atoms with van der Waals surface area (Å²) in [4.78, 5) is 4.55. The van der Waals surface area contributed by atoms with E-state index in [0.29, 0.717) is 18.1 Å². The second-order valence-electron chi connectivity index (χ2n) is 6.41. The molecule has 0 atom stereocenters. The van der Waals surface area contributed by atoms with E-state index in [1.165, 1.54) is 0 Å². The van der Waals surface area contributed by atoms with Crippen LogP contribution < -0.4 is 4.72 Å². The Hall–Kier alpha value is -1.73. The fourth-order valence-corrected chi connectivity index (χ4v) is 2.98. The van der Waals surface area contributed by atoms with E-state index >= 15 is 0 Å². The molecule has 7 heteroatoms. The molecule has 23 heavy (non-hydrogen) atoms. The summed E-state index contributed by atoms with van der Waals surface area (Å²) in [6, 6.07) is 6.88. The molecule has 0 saturated heterocycles. The van der Waals surface area contributed by atoms with E-state index in [4.69, 9.17) is 4.52 Å². The highest BCUT2D eigenvalue weighted by Crippen LogP contribution is 2.19. The molecule has 0 aliphatic rings. The number of hydrogen-bond acceptors (Lipinski definition) is 5. The maximum Gasteiger partial charge on any atom is 0.240 e. The number of hydrogen-bond donors (Lipinski definition) is 1. The molecule has 0 bridgehead atoms. The van der Waals surface area contributed by atoms with E-state index in [-0.39, 0.29) is 16.9 Å². The lowest BCUT2D eigenvalue weighted by Crippen LogP contribution is -2.26. The molecule has 1 aromatic carbocycles. The van der Waals surface area contributed by atoms with Crippen LogP contribution in [0.25, 0.3) is 0 Å². The zero-order valence-corrected chi connectivity index (χ0v) is 14.8. The number of rotatable bonds is 6. The van der Waals surface area contributed by atoms with E-state index in [0.717, 1.165) is 12.0 Å². The maximum absolute atomic E-state index is 12.2. The molecule has 0 fully saturated rings. The van der Waals surface area contributed by atoms with Crippen molar-refractivity contribution in [3.05, 3.63) is 41.5 Å². The van der Waals surface area contributed by atoms with Crippen LogP contribution in [0.3, 0.4) is 0 Å². The third-order valence-electron chi connectivity index (χ3n) is 3.39. The lowest BCUT2D eigenvalue weighted by atomic mass is 9.97. The Morgan fingerprint density at radius 1 is 1.17 bits per heavy atom. The normalized spacial score (nSPS) is 12.5. The summed E-state index contributed by atoms with van der Waals surface area (Å²) < 4.78 is 32.2. The highest BCUT2D eigenvalue weighted by molar-refractivity contribution is 7.89. The maximum atomic E-state index is 12.2. The number of aryl methyl sites for hydroxylation is 1. The van der Waals surface area contributed by atoms with Crippen LogP contribution in [0.4, 0.5) is 0 Å². The van der Waals surface area contributed by atoms with Crippen molar-refractivity contribution < 1.29 is 12.9 Å². The van der Waals surface area contributed by atoms with Crippen molar-refractivity contribution in [3.63, 3.8) is 0 Å². The number of nitrogens with one attached hydrogen (secondary N) is 1. The molecule has 0 radical (unpaired) electrons. The van der Waals surface area contributed by atoms with Gasteiger partial charge in [0.15, 0.2) is 5.82 Å². The minimum atomic E-state index is -3.51. The molecule has 126 valence electrons. The third-order valence-corrected chi connectivity index (χ3v) is 4.87. The van der Waals surface area contributed by atoms with E-state index < -0.39 is 10.0 Å². The van der Waals surface area contributed by atoms with Gasteiger partial charge in [-0.3, -0.25) is 0 Å². The average molecular weight is 337 g/mol. The quantitative estimate of drug-likeness (QED) is 0.875. The summed E-state index contributed by atoms with van der Waals surface area (Å²) in [5, 5.41) is 3.88. The van der Waals surface area contributed by atoms with Crippen molar-refractivity contribution in [1.29, 1.82) is 0 Å². The van der Waals surface area contributed by atoms with Gasteiger partial charge >= 0.3 is 0 Å². The Kier molecular flexibility index (Phi) is 5.21. The Morgan fingerprint density at radius 3 is 2.35 bits per heavy atom. The van der Waals surface area contributed by atoms with E-state index in [9.17, 15) is 8.42 Å². The van der Waals surface area contributed by atoms with Crippen LogP contribution in [0.1, 0.15) is 45.0 Å². The van der Waals surface area contributed by atoms with Gasteiger partial charge in [0.1, 0.15) is 0 Å². The first-order chi connectivity index (χ1) is 10.7. The molecule has 0 saturated carbocycles. The first-order valence-electron chi connectivity index (χ1n) is 7.64. The van der Waals surface area contributed by atoms with E-state index in [1.807, 2.05) is 39.8 Å². The number of nitrogens with zero attached hydrogens (tertiary/aromatic N) is 2. The molecule has 0 aliphatic heterocycles.